The summed E-state index contributed by atoms with van der Waals surface area (Å²) in [6.07, 6.45) is 5.48. The van der Waals surface area contributed by atoms with Crippen molar-refractivity contribution < 1.29 is 13.7 Å². The first-order chi connectivity index (χ1) is 10.6. The molecule has 0 aliphatic carbocycles. The molecule has 2 N–H and O–H groups in total. The molecule has 0 saturated carbocycles. The monoisotopic (exact) mass is 301 g/mol. The first-order valence-corrected chi connectivity index (χ1v) is 6.03. The van der Waals surface area contributed by atoms with Gasteiger partial charge in [0, 0.05) is 12.4 Å². The van der Waals surface area contributed by atoms with Gasteiger partial charge in [0.25, 0.3) is 0 Å². The van der Waals surface area contributed by atoms with E-state index in [2.05, 4.69) is 15.0 Å². The number of halogens is 1. The molecule has 0 saturated heterocycles. The van der Waals surface area contributed by atoms with Gasteiger partial charge in [0.2, 0.25) is 17.5 Å². The van der Waals surface area contributed by atoms with Gasteiger partial charge < -0.3 is 10.2 Å². The second-order valence-electron chi connectivity index (χ2n) is 4.21. The molecule has 9 heteroatoms. The van der Waals surface area contributed by atoms with Crippen LogP contribution in [0.15, 0.2) is 41.4 Å². The number of pyridine rings is 2. The predicted octanol–water partition coefficient (Wildman–Crippen LogP) is 2.43. The number of nitro groups is 1. The number of aromatic nitrogens is 3. The van der Waals surface area contributed by atoms with Gasteiger partial charge in [0.1, 0.15) is 12.0 Å². The molecule has 0 radical (unpaired) electrons. The highest BCUT2D eigenvalue weighted by Crippen LogP contribution is 2.38. The zero-order valence-corrected chi connectivity index (χ0v) is 10.9. The van der Waals surface area contributed by atoms with Gasteiger partial charge >= 0.3 is 5.69 Å². The van der Waals surface area contributed by atoms with Gasteiger partial charge in [-0.15, -0.1) is 0 Å². The van der Waals surface area contributed by atoms with Gasteiger partial charge in [-0.3, -0.25) is 15.1 Å². The predicted molar refractivity (Wildman–Crippen MR) is 74.0 cm³/mol. The summed E-state index contributed by atoms with van der Waals surface area (Å²) in [5.74, 6) is -1.64. The Kier molecular flexibility index (Phi) is 3.22. The zero-order chi connectivity index (χ0) is 15.7. The lowest BCUT2D eigenvalue weighted by atomic mass is 10.0. The Hall–Kier alpha value is -3.36. The van der Waals surface area contributed by atoms with E-state index in [0.717, 1.165) is 0 Å². The summed E-state index contributed by atoms with van der Waals surface area (Å²) in [5.41, 5.74) is 4.82. The molecule has 0 aliphatic rings. The van der Waals surface area contributed by atoms with Gasteiger partial charge in [0.05, 0.1) is 16.7 Å². The van der Waals surface area contributed by atoms with E-state index < -0.39 is 22.2 Å². The minimum absolute atomic E-state index is 0.00677. The van der Waals surface area contributed by atoms with Crippen LogP contribution in [0.25, 0.3) is 22.7 Å². The van der Waals surface area contributed by atoms with Crippen molar-refractivity contribution in [2.75, 3.05) is 5.73 Å². The van der Waals surface area contributed by atoms with E-state index in [1.54, 1.807) is 0 Å². The molecule has 0 atom stereocenters. The molecule has 22 heavy (non-hydrogen) atoms. The van der Waals surface area contributed by atoms with Crippen molar-refractivity contribution in [2.24, 2.45) is 0 Å². The summed E-state index contributed by atoms with van der Waals surface area (Å²) >= 11 is 0. The third-order valence-electron chi connectivity index (χ3n) is 2.93. The molecule has 0 aliphatic heterocycles. The third-order valence-corrected chi connectivity index (χ3v) is 2.93. The standard InChI is InChI=1S/C13H8FN5O3/c14-9-8(7-1-3-16-4-2-7)10(13-17-5-6-22-13)18-12(15)11(9)19(20)21/h1-6H,(H2,15,18). The third kappa shape index (κ3) is 2.14. The van der Waals surface area contributed by atoms with Crippen LogP contribution in [0.5, 0.6) is 0 Å². The largest absolute Gasteiger partial charge is 0.443 e. The molecule has 110 valence electrons. The Morgan fingerprint density at radius 2 is 2.00 bits per heavy atom. The van der Waals surface area contributed by atoms with Crippen molar-refractivity contribution in [3.8, 4) is 22.7 Å². The van der Waals surface area contributed by atoms with E-state index in [9.17, 15) is 14.5 Å². The first kappa shape index (κ1) is 13.6. The first-order valence-electron chi connectivity index (χ1n) is 6.03. The van der Waals surface area contributed by atoms with Crippen LogP contribution in [0.3, 0.4) is 0 Å². The number of anilines is 1. The van der Waals surface area contributed by atoms with Crippen LogP contribution in [0.1, 0.15) is 0 Å². The van der Waals surface area contributed by atoms with Crippen LogP contribution in [-0.4, -0.2) is 19.9 Å². The number of oxazole rings is 1. The highest BCUT2D eigenvalue weighted by Gasteiger charge is 2.29. The lowest BCUT2D eigenvalue weighted by Gasteiger charge is -2.09. The molecule has 8 nitrogen and oxygen atoms in total. The molecule has 3 rings (SSSR count). The molecular weight excluding hydrogens is 293 g/mol. The van der Waals surface area contributed by atoms with Crippen LogP contribution in [0.4, 0.5) is 15.9 Å². The normalized spacial score (nSPS) is 10.6. The molecule has 3 heterocycles. The lowest BCUT2D eigenvalue weighted by Crippen LogP contribution is -2.06. The van der Waals surface area contributed by atoms with E-state index in [1.807, 2.05) is 0 Å². The van der Waals surface area contributed by atoms with E-state index in [4.69, 9.17) is 10.2 Å². The number of hydrogen-bond acceptors (Lipinski definition) is 7. The van der Waals surface area contributed by atoms with Crippen LogP contribution in [-0.2, 0) is 0 Å². The summed E-state index contributed by atoms with van der Waals surface area (Å²) < 4.78 is 19.8. The molecule has 0 unspecified atom stereocenters. The number of nitrogen functional groups attached to an aromatic ring is 1. The van der Waals surface area contributed by atoms with Crippen molar-refractivity contribution in [1.82, 2.24) is 15.0 Å². The second kappa shape index (κ2) is 5.20. The van der Waals surface area contributed by atoms with Crippen LogP contribution in [0, 0.1) is 15.9 Å². The Bertz CT molecular complexity index is 837. The fraction of sp³-hybridized carbons (Fsp3) is 0. The minimum Gasteiger partial charge on any atom is -0.443 e. The summed E-state index contributed by atoms with van der Waals surface area (Å²) in [6.45, 7) is 0. The summed E-state index contributed by atoms with van der Waals surface area (Å²) in [7, 11) is 0. The number of nitrogens with two attached hydrogens (primary N) is 1. The van der Waals surface area contributed by atoms with Gasteiger partial charge in [-0.2, -0.15) is 4.39 Å². The van der Waals surface area contributed by atoms with Gasteiger partial charge in [-0.25, -0.2) is 9.97 Å². The number of nitrogens with zero attached hydrogens (tertiary/aromatic N) is 4. The maximum Gasteiger partial charge on any atom is 0.347 e. The fourth-order valence-electron chi connectivity index (χ4n) is 2.01. The van der Waals surface area contributed by atoms with E-state index in [0.29, 0.717) is 5.56 Å². The van der Waals surface area contributed by atoms with Crippen LogP contribution >= 0.6 is 0 Å². The van der Waals surface area contributed by atoms with Gasteiger partial charge in [-0.1, -0.05) is 0 Å². The molecule has 0 spiro atoms. The van der Waals surface area contributed by atoms with Crippen molar-refractivity contribution >= 4 is 11.5 Å². The zero-order valence-electron chi connectivity index (χ0n) is 10.9. The summed E-state index contributed by atoms with van der Waals surface area (Å²) in [6, 6.07) is 2.99. The fourth-order valence-corrected chi connectivity index (χ4v) is 2.01. The quantitative estimate of drug-likeness (QED) is 0.582. The Morgan fingerprint density at radius 1 is 1.27 bits per heavy atom. The molecule has 0 aromatic carbocycles. The molecule has 3 aromatic heterocycles. The van der Waals surface area contributed by atoms with E-state index in [1.165, 1.54) is 37.0 Å². The topological polar surface area (TPSA) is 121 Å². The highest BCUT2D eigenvalue weighted by molar-refractivity contribution is 5.82. The number of hydrogen-bond donors (Lipinski definition) is 1. The van der Waals surface area contributed by atoms with Gasteiger partial charge in [-0.05, 0) is 17.7 Å². The maximum atomic E-state index is 14.7. The molecule has 0 fully saturated rings. The van der Waals surface area contributed by atoms with Gasteiger partial charge in [0.15, 0.2) is 0 Å². The minimum atomic E-state index is -1.10. The Morgan fingerprint density at radius 3 is 2.59 bits per heavy atom. The molecule has 0 amide bonds. The van der Waals surface area contributed by atoms with E-state index >= 15 is 0 Å². The van der Waals surface area contributed by atoms with Crippen molar-refractivity contribution in [3.63, 3.8) is 0 Å². The maximum absolute atomic E-state index is 14.7. The average Bonchev–Trinajstić information content (AvgIpc) is 3.01. The SMILES string of the molecule is Nc1nc(-c2ncco2)c(-c2ccncc2)c(F)c1[N+](=O)[O-]. The van der Waals surface area contributed by atoms with E-state index in [-0.39, 0.29) is 17.1 Å². The Labute approximate surface area is 122 Å². The molecule has 0 bridgehead atoms. The molecule has 3 aromatic rings. The Balaban J connectivity index is 2.38. The highest BCUT2D eigenvalue weighted by atomic mass is 19.1. The number of rotatable bonds is 3. The van der Waals surface area contributed by atoms with Crippen molar-refractivity contribution in [2.45, 2.75) is 0 Å². The molecular formula is C13H8FN5O3. The smallest absolute Gasteiger partial charge is 0.347 e. The summed E-state index contributed by atoms with van der Waals surface area (Å²) in [4.78, 5) is 21.7. The van der Waals surface area contributed by atoms with Crippen molar-refractivity contribution in [1.29, 1.82) is 0 Å². The van der Waals surface area contributed by atoms with Crippen LogP contribution < -0.4 is 5.73 Å². The van der Waals surface area contributed by atoms with Crippen molar-refractivity contribution in [3.05, 3.63) is 52.9 Å². The average molecular weight is 301 g/mol. The summed E-state index contributed by atoms with van der Waals surface area (Å²) in [5, 5.41) is 11.0. The lowest BCUT2D eigenvalue weighted by molar-refractivity contribution is -0.386. The van der Waals surface area contributed by atoms with Crippen LogP contribution in [0.2, 0.25) is 0 Å². The second-order valence-corrected chi connectivity index (χ2v) is 4.21.